The lowest BCUT2D eigenvalue weighted by Gasteiger charge is -2.29. The number of benzene rings is 7. The Morgan fingerprint density at radius 3 is 1.24 bits per heavy atom. The van der Waals surface area contributed by atoms with Gasteiger partial charge >= 0.3 is 0 Å². The maximum atomic E-state index is 3.91. The van der Waals surface area contributed by atoms with Gasteiger partial charge in [-0.3, -0.25) is 0 Å². The number of anilines is 4. The maximum Gasteiger partial charge on any atom is 0.0551 e. The van der Waals surface area contributed by atoms with Gasteiger partial charge in [0.05, 0.1) is 6.04 Å². The fourth-order valence-electron chi connectivity index (χ4n) is 9.56. The molecule has 8 rings (SSSR count). The van der Waals surface area contributed by atoms with Crippen LogP contribution >= 0.6 is 0 Å². The molecule has 1 aliphatic rings. The number of allylic oxidation sites excluding steroid dienone is 10. The van der Waals surface area contributed by atoms with E-state index in [1.54, 1.807) is 0 Å². The summed E-state index contributed by atoms with van der Waals surface area (Å²) >= 11 is 0. The number of nitrogens with zero attached hydrogens (tertiary/aromatic N) is 1. The van der Waals surface area contributed by atoms with E-state index in [0.717, 1.165) is 35.6 Å². The number of nitrogens with one attached hydrogen (secondary N) is 1. The molecule has 0 fully saturated rings. The van der Waals surface area contributed by atoms with Crippen molar-refractivity contribution >= 4 is 28.3 Å². The highest BCUT2D eigenvalue weighted by Crippen LogP contribution is 2.40. The van der Waals surface area contributed by atoms with Crippen molar-refractivity contribution in [3.05, 3.63) is 256 Å². The fraction of sp³-hybridized carbons (Fsp3) is 0.206. The zero-order valence-corrected chi connectivity index (χ0v) is 43.1. The first-order valence-electron chi connectivity index (χ1n) is 25.2. The summed E-state index contributed by atoms with van der Waals surface area (Å²) < 4.78 is 0. The third-order valence-electron chi connectivity index (χ3n) is 15.1. The molecule has 2 unspecified atom stereocenters. The van der Waals surface area contributed by atoms with Crippen molar-refractivity contribution in [2.75, 3.05) is 10.2 Å². The number of hydrogen-bond acceptors (Lipinski definition) is 2. The largest absolute Gasteiger partial charge is 0.378 e. The molecule has 2 atom stereocenters. The fourth-order valence-corrected chi connectivity index (χ4v) is 9.56. The smallest absolute Gasteiger partial charge is 0.0551 e. The summed E-state index contributed by atoms with van der Waals surface area (Å²) in [5.74, 6) is 0.127. The molecule has 0 spiro atoms. The van der Waals surface area contributed by atoms with Crippen LogP contribution in [0.25, 0.3) is 39.0 Å². The van der Waals surface area contributed by atoms with Crippen LogP contribution in [0.5, 0.6) is 0 Å². The summed E-state index contributed by atoms with van der Waals surface area (Å²) in [6, 6.07) is 66.4. The van der Waals surface area contributed by atoms with Gasteiger partial charge in [0.25, 0.3) is 0 Å². The Hall–Kier alpha value is -7.42. The molecule has 7 aromatic rings. The lowest BCUT2D eigenvalue weighted by atomic mass is 9.82. The monoisotopic (exact) mass is 915 g/mol. The molecule has 352 valence electrons. The molecule has 0 aliphatic heterocycles. The van der Waals surface area contributed by atoms with Gasteiger partial charge in [-0.25, -0.2) is 0 Å². The van der Waals surface area contributed by atoms with Gasteiger partial charge in [0.1, 0.15) is 0 Å². The summed E-state index contributed by atoms with van der Waals surface area (Å²) in [7, 11) is 0. The lowest BCUT2D eigenvalue weighted by molar-refractivity contribution is 0.750. The highest BCUT2D eigenvalue weighted by atomic mass is 15.1. The highest BCUT2D eigenvalue weighted by molar-refractivity contribution is 5.81. The van der Waals surface area contributed by atoms with Gasteiger partial charge in [0, 0.05) is 28.7 Å². The third-order valence-corrected chi connectivity index (χ3v) is 15.1. The number of rotatable bonds is 15. The predicted octanol–water partition coefficient (Wildman–Crippen LogP) is 19.8. The van der Waals surface area contributed by atoms with E-state index in [0.29, 0.717) is 0 Å². The molecule has 7 aromatic carbocycles. The Balaban J connectivity index is 1.10. The molecule has 0 saturated heterocycles. The first kappa shape index (κ1) is 49.0. The second-order valence-corrected chi connectivity index (χ2v) is 19.1. The highest BCUT2D eigenvalue weighted by Gasteiger charge is 2.24. The van der Waals surface area contributed by atoms with E-state index in [9.17, 15) is 0 Å². The minimum absolute atomic E-state index is 0.0792. The van der Waals surface area contributed by atoms with E-state index < -0.39 is 0 Å². The quantitative estimate of drug-likeness (QED) is 0.103. The normalized spacial score (nSPS) is 16.1. The zero-order valence-electron chi connectivity index (χ0n) is 43.1. The Morgan fingerprint density at radius 2 is 0.800 bits per heavy atom. The van der Waals surface area contributed by atoms with Crippen LogP contribution in [0.3, 0.4) is 0 Å². The average Bonchev–Trinajstić information content (AvgIpc) is 3.42. The van der Waals surface area contributed by atoms with Crippen molar-refractivity contribution in [2.24, 2.45) is 0 Å². The first-order chi connectivity index (χ1) is 33.9. The van der Waals surface area contributed by atoms with Crippen LogP contribution in [0.15, 0.2) is 245 Å². The predicted molar refractivity (Wildman–Crippen MR) is 305 cm³/mol. The van der Waals surface area contributed by atoms with E-state index in [-0.39, 0.29) is 12.0 Å². The van der Waals surface area contributed by atoms with Gasteiger partial charge in [-0.15, -0.1) is 0 Å². The van der Waals surface area contributed by atoms with Crippen molar-refractivity contribution in [3.63, 3.8) is 0 Å². The molecule has 1 aliphatic carbocycles. The summed E-state index contributed by atoms with van der Waals surface area (Å²) in [5, 5.41) is 3.91. The summed E-state index contributed by atoms with van der Waals surface area (Å²) in [5.41, 5.74) is 26.5. The van der Waals surface area contributed by atoms with Gasteiger partial charge in [0.15, 0.2) is 0 Å². The van der Waals surface area contributed by atoms with Crippen LogP contribution in [0.2, 0.25) is 0 Å². The summed E-state index contributed by atoms with van der Waals surface area (Å²) in [4.78, 5) is 2.37. The van der Waals surface area contributed by atoms with Crippen LogP contribution in [0.4, 0.5) is 22.7 Å². The van der Waals surface area contributed by atoms with E-state index >= 15 is 0 Å². The van der Waals surface area contributed by atoms with Gasteiger partial charge in [-0.2, -0.15) is 0 Å². The van der Waals surface area contributed by atoms with Crippen molar-refractivity contribution in [1.29, 1.82) is 0 Å². The molecule has 70 heavy (non-hydrogen) atoms. The van der Waals surface area contributed by atoms with Crippen LogP contribution in [0.1, 0.15) is 99.1 Å². The molecule has 2 nitrogen and oxygen atoms in total. The van der Waals surface area contributed by atoms with E-state index in [1.807, 2.05) is 0 Å². The van der Waals surface area contributed by atoms with Gasteiger partial charge in [0.2, 0.25) is 0 Å². The summed E-state index contributed by atoms with van der Waals surface area (Å²) in [6.45, 7) is 22.6. The Morgan fingerprint density at radius 1 is 0.414 bits per heavy atom. The molecule has 0 bridgehead atoms. The molecule has 1 N–H and O–H groups in total. The van der Waals surface area contributed by atoms with Gasteiger partial charge in [-0.1, -0.05) is 177 Å². The molecule has 0 heterocycles. The topological polar surface area (TPSA) is 15.3 Å². The van der Waals surface area contributed by atoms with Crippen LogP contribution in [-0.2, 0) is 0 Å². The van der Waals surface area contributed by atoms with Crippen LogP contribution in [0, 0.1) is 0 Å². The first-order valence-corrected chi connectivity index (χ1v) is 25.2. The second-order valence-electron chi connectivity index (χ2n) is 19.1. The Kier molecular flexibility index (Phi) is 15.6. The van der Waals surface area contributed by atoms with Crippen LogP contribution in [-0.4, -0.2) is 6.04 Å². The van der Waals surface area contributed by atoms with Crippen LogP contribution < -0.4 is 10.2 Å². The minimum Gasteiger partial charge on any atom is -0.378 e. The Bertz CT molecular complexity index is 3080. The minimum atomic E-state index is 0.0792. The molecular weight excluding hydrogens is 845 g/mol. The standard InChI is InChI=1S/C68H70N2/c1-11-46(3)48(5)50(7)52(9)54-29-38-64(39-30-54)70(65-40-31-59(32-41-65)56-21-17-14-18-22-56)66-42-33-60(34-43-66)57-23-25-61(26-24-57)67-45-62(53(10)51(8)49(6)47(4)12-2)35-44-68(67)69-63-36-27-58(28-37-63)55-19-15-13-16-20-55/h13-45,67-69H,11-12H2,1-10H3/b48-46-,49-47-,52-50+,53-51+. The van der Waals surface area contributed by atoms with Crippen molar-refractivity contribution in [3.8, 4) is 33.4 Å². The SMILES string of the molecule is CC/C(C)=C(C)\C(C)=C(/C)C1=CC(c2ccc(-c3ccc(N(c4ccc(/C(C)=C(C)/C(C)=C(/C)CC)cc4)c4ccc(-c5ccccc5)cc4)cc3)cc2)C(Nc2ccc(-c3ccccc3)cc2)C=C1. The molecule has 0 aromatic heterocycles. The molecule has 0 amide bonds. The Labute approximate surface area is 419 Å². The average molecular weight is 915 g/mol. The van der Waals surface area contributed by atoms with Gasteiger partial charge in [-0.05, 0) is 200 Å². The van der Waals surface area contributed by atoms with E-state index in [4.69, 9.17) is 0 Å². The molecule has 2 heteroatoms. The van der Waals surface area contributed by atoms with E-state index in [1.165, 1.54) is 94.7 Å². The van der Waals surface area contributed by atoms with Crippen molar-refractivity contribution in [1.82, 2.24) is 0 Å². The molecule has 0 saturated carbocycles. The van der Waals surface area contributed by atoms with E-state index in [2.05, 4.69) is 280 Å². The zero-order chi connectivity index (χ0) is 49.3. The molecule has 0 radical (unpaired) electrons. The maximum absolute atomic E-state index is 3.91. The summed E-state index contributed by atoms with van der Waals surface area (Å²) in [6.07, 6.45) is 9.28. The van der Waals surface area contributed by atoms with Gasteiger partial charge < -0.3 is 10.2 Å². The lowest BCUT2D eigenvalue weighted by Crippen LogP contribution is -2.26. The second kappa shape index (κ2) is 22.3. The van der Waals surface area contributed by atoms with Crippen molar-refractivity contribution in [2.45, 2.75) is 94.0 Å². The van der Waals surface area contributed by atoms with Crippen molar-refractivity contribution < 1.29 is 0 Å². The molecular formula is C68H70N2. The third kappa shape index (κ3) is 11.0. The number of hydrogen-bond donors (Lipinski definition) is 1.